The zero-order valence-electron chi connectivity index (χ0n) is 20.9. The summed E-state index contributed by atoms with van der Waals surface area (Å²) in [4.78, 5) is 12.6. The van der Waals surface area contributed by atoms with E-state index in [1.54, 1.807) is 37.3 Å². The summed E-state index contributed by atoms with van der Waals surface area (Å²) in [6, 6.07) is 10.5. The van der Waals surface area contributed by atoms with Gasteiger partial charge >= 0.3 is 0 Å². The molecule has 0 saturated carbocycles. The normalized spacial score (nSPS) is 13.1. The lowest BCUT2D eigenvalue weighted by Gasteiger charge is -2.20. The summed E-state index contributed by atoms with van der Waals surface area (Å²) in [6.07, 6.45) is 1.52. The molecule has 3 heterocycles. The number of para-hydroxylation sites is 1. The summed E-state index contributed by atoms with van der Waals surface area (Å²) in [5.74, 6) is 0.856. The van der Waals surface area contributed by atoms with E-state index in [0.29, 0.717) is 22.9 Å². The van der Waals surface area contributed by atoms with Gasteiger partial charge in [-0.3, -0.25) is 9.29 Å². The van der Waals surface area contributed by atoms with Gasteiger partial charge in [0.15, 0.2) is 11.6 Å². The van der Waals surface area contributed by atoms with Crippen molar-refractivity contribution in [3.63, 3.8) is 0 Å². The molecule has 0 fully saturated rings. The van der Waals surface area contributed by atoms with Crippen molar-refractivity contribution in [3.05, 3.63) is 65.9 Å². The van der Waals surface area contributed by atoms with E-state index in [0.717, 1.165) is 11.3 Å². The zero-order chi connectivity index (χ0) is 26.7. The third-order valence-electron chi connectivity index (χ3n) is 5.64. The van der Waals surface area contributed by atoms with Gasteiger partial charge in [0.1, 0.15) is 34.2 Å². The lowest BCUT2D eigenvalue weighted by atomic mass is 10.2. The topological polar surface area (TPSA) is 154 Å². The van der Waals surface area contributed by atoms with Gasteiger partial charge in [-0.15, -0.1) is 10.2 Å². The average molecular weight is 526 g/mol. The van der Waals surface area contributed by atoms with Crippen LogP contribution in [0.25, 0.3) is 17.2 Å². The molecule has 0 aliphatic carbocycles. The van der Waals surface area contributed by atoms with E-state index in [4.69, 9.17) is 9.47 Å². The number of aliphatic hydroxyl groups is 1. The highest BCUT2D eigenvalue weighted by Crippen LogP contribution is 2.37. The van der Waals surface area contributed by atoms with Gasteiger partial charge < -0.3 is 14.6 Å². The van der Waals surface area contributed by atoms with E-state index in [9.17, 15) is 13.5 Å². The molecular formula is C24H27N7O5S. The first-order valence-electron chi connectivity index (χ1n) is 11.2. The number of nitrogens with one attached hydrogen (secondary N) is 1. The fourth-order valence-electron chi connectivity index (χ4n) is 3.60. The lowest BCUT2D eigenvalue weighted by molar-refractivity contribution is 0.166. The van der Waals surface area contributed by atoms with Crippen LogP contribution in [0.3, 0.4) is 0 Å². The second kappa shape index (κ2) is 10.5. The third kappa shape index (κ3) is 5.22. The summed E-state index contributed by atoms with van der Waals surface area (Å²) in [7, 11) is -1.26. The molecule has 37 heavy (non-hydrogen) atoms. The molecule has 2 N–H and O–H groups in total. The Labute approximate surface area is 214 Å². The molecule has 0 spiro atoms. The fourth-order valence-corrected chi connectivity index (χ4v) is 4.64. The van der Waals surface area contributed by atoms with E-state index in [1.165, 1.54) is 38.1 Å². The number of hydrogen-bond acceptors (Lipinski definition) is 10. The van der Waals surface area contributed by atoms with E-state index < -0.39 is 21.4 Å². The van der Waals surface area contributed by atoms with Crippen LogP contribution in [-0.4, -0.2) is 62.7 Å². The van der Waals surface area contributed by atoms with Crippen LogP contribution < -0.4 is 14.2 Å². The number of pyridine rings is 1. The van der Waals surface area contributed by atoms with Crippen LogP contribution >= 0.6 is 0 Å². The largest absolute Gasteiger partial charge is 0.494 e. The minimum Gasteiger partial charge on any atom is -0.494 e. The maximum atomic E-state index is 13.4. The van der Waals surface area contributed by atoms with Crippen LogP contribution in [-0.2, 0) is 10.0 Å². The molecule has 3 aromatic heterocycles. The minimum atomic E-state index is -4.22. The standard InChI is InChI=1S/C24H27N7O5S/c1-14-12-25-22(26-13-14)21(32)16(3)37(33,34)30-24-29-28-23(17-9-6-8-15(2)27-17)31(24)20-18(35-4)10-7-11-19(20)36-5/h6-13,16,21,32H,1-5H3,(H,29,30). The lowest BCUT2D eigenvalue weighted by Crippen LogP contribution is -2.32. The van der Waals surface area contributed by atoms with Gasteiger partial charge in [-0.25, -0.2) is 23.4 Å². The van der Waals surface area contributed by atoms with Crippen molar-refractivity contribution in [2.45, 2.75) is 32.1 Å². The predicted molar refractivity (Wildman–Crippen MR) is 136 cm³/mol. The Kier molecular flexibility index (Phi) is 7.36. The first-order chi connectivity index (χ1) is 17.7. The maximum absolute atomic E-state index is 13.4. The van der Waals surface area contributed by atoms with Gasteiger partial charge in [0, 0.05) is 18.1 Å². The molecule has 4 aromatic rings. The molecule has 0 aliphatic rings. The summed E-state index contributed by atoms with van der Waals surface area (Å²) < 4.78 is 41.8. The Morgan fingerprint density at radius 2 is 1.59 bits per heavy atom. The van der Waals surface area contributed by atoms with Gasteiger partial charge in [0.25, 0.3) is 0 Å². The Balaban J connectivity index is 1.83. The first kappa shape index (κ1) is 26.0. The molecule has 12 nitrogen and oxygen atoms in total. The SMILES string of the molecule is COc1cccc(OC)c1-n1c(NS(=O)(=O)C(C)C(O)c2ncc(C)cn2)nnc1-c1cccc(C)n1. The number of hydrogen-bond donors (Lipinski definition) is 2. The van der Waals surface area contributed by atoms with Crippen molar-refractivity contribution in [1.29, 1.82) is 0 Å². The van der Waals surface area contributed by atoms with Crippen molar-refractivity contribution in [2.24, 2.45) is 0 Å². The third-order valence-corrected chi connectivity index (χ3v) is 7.34. The molecule has 2 unspecified atom stereocenters. The van der Waals surface area contributed by atoms with Crippen LogP contribution in [0.5, 0.6) is 11.5 Å². The van der Waals surface area contributed by atoms with Crippen molar-refractivity contribution >= 4 is 16.0 Å². The van der Waals surface area contributed by atoms with Gasteiger partial charge in [-0.1, -0.05) is 12.1 Å². The quantitative estimate of drug-likeness (QED) is 0.333. The molecular weight excluding hydrogens is 498 g/mol. The molecule has 0 aliphatic heterocycles. The summed E-state index contributed by atoms with van der Waals surface area (Å²) in [6.45, 7) is 4.97. The Morgan fingerprint density at radius 1 is 0.973 bits per heavy atom. The molecule has 0 amide bonds. The molecule has 0 radical (unpaired) electrons. The predicted octanol–water partition coefficient (Wildman–Crippen LogP) is 2.62. The molecule has 1 aromatic carbocycles. The van der Waals surface area contributed by atoms with Crippen LogP contribution in [0.15, 0.2) is 48.8 Å². The van der Waals surface area contributed by atoms with Crippen molar-refractivity contribution < 1.29 is 23.0 Å². The highest BCUT2D eigenvalue weighted by atomic mass is 32.2. The number of benzene rings is 1. The van der Waals surface area contributed by atoms with Gasteiger partial charge in [0.2, 0.25) is 16.0 Å². The summed E-state index contributed by atoms with van der Waals surface area (Å²) in [5.41, 5.74) is 2.33. The van der Waals surface area contributed by atoms with Gasteiger partial charge in [-0.2, -0.15) is 0 Å². The number of anilines is 1. The number of sulfonamides is 1. The summed E-state index contributed by atoms with van der Waals surface area (Å²) >= 11 is 0. The van der Waals surface area contributed by atoms with Crippen LogP contribution in [0.4, 0.5) is 5.95 Å². The van der Waals surface area contributed by atoms with Crippen molar-refractivity contribution in [2.75, 3.05) is 18.9 Å². The fraction of sp³-hybridized carbons (Fsp3) is 0.292. The first-order valence-corrected chi connectivity index (χ1v) is 12.8. The highest BCUT2D eigenvalue weighted by Gasteiger charge is 2.34. The van der Waals surface area contributed by atoms with E-state index in [2.05, 4.69) is 29.9 Å². The number of ether oxygens (including phenoxy) is 2. The number of rotatable bonds is 9. The highest BCUT2D eigenvalue weighted by molar-refractivity contribution is 7.93. The van der Waals surface area contributed by atoms with E-state index in [1.807, 2.05) is 13.0 Å². The molecule has 194 valence electrons. The summed E-state index contributed by atoms with van der Waals surface area (Å²) in [5, 5.41) is 17.7. The second-order valence-corrected chi connectivity index (χ2v) is 10.3. The van der Waals surface area contributed by atoms with E-state index >= 15 is 0 Å². The van der Waals surface area contributed by atoms with Crippen LogP contribution in [0, 0.1) is 13.8 Å². The second-order valence-electron chi connectivity index (χ2n) is 8.27. The minimum absolute atomic E-state index is 0.0130. The smallest absolute Gasteiger partial charge is 0.243 e. The van der Waals surface area contributed by atoms with Crippen LogP contribution in [0.1, 0.15) is 30.1 Å². The maximum Gasteiger partial charge on any atom is 0.243 e. The number of methoxy groups -OCH3 is 2. The Bertz CT molecular complexity index is 1480. The van der Waals surface area contributed by atoms with Crippen LogP contribution in [0.2, 0.25) is 0 Å². The Morgan fingerprint density at radius 3 is 2.19 bits per heavy atom. The molecule has 4 rings (SSSR count). The van der Waals surface area contributed by atoms with Gasteiger partial charge in [-0.05, 0) is 50.6 Å². The van der Waals surface area contributed by atoms with Crippen molar-refractivity contribution in [1.82, 2.24) is 29.7 Å². The molecule has 0 saturated heterocycles. The molecule has 2 atom stereocenters. The van der Waals surface area contributed by atoms with E-state index in [-0.39, 0.29) is 17.6 Å². The average Bonchev–Trinajstić information content (AvgIpc) is 3.29. The van der Waals surface area contributed by atoms with Gasteiger partial charge in [0.05, 0.1) is 14.2 Å². The molecule has 0 bridgehead atoms. The number of aliphatic hydroxyl groups excluding tert-OH is 1. The molecule has 13 heteroatoms. The number of aryl methyl sites for hydroxylation is 2. The monoisotopic (exact) mass is 525 g/mol. The number of aromatic nitrogens is 6. The number of nitrogens with zero attached hydrogens (tertiary/aromatic N) is 6. The zero-order valence-corrected chi connectivity index (χ0v) is 21.8. The Hall–Kier alpha value is -4.10. The van der Waals surface area contributed by atoms with Crippen molar-refractivity contribution in [3.8, 4) is 28.7 Å².